The average molecular weight is 323 g/mol. The highest BCUT2D eigenvalue weighted by Gasteiger charge is 2.35. The minimum absolute atomic E-state index is 0.239. The first-order chi connectivity index (χ1) is 10.7. The molecule has 0 aliphatic carbocycles. The van der Waals surface area contributed by atoms with Crippen molar-refractivity contribution in [3.05, 3.63) is 6.33 Å². The lowest BCUT2D eigenvalue weighted by atomic mass is 9.95. The molecule has 0 N–H and O–H groups in total. The lowest BCUT2D eigenvalue weighted by Crippen LogP contribution is -2.44. The SMILES string of the molecule is CCCN1C[C@@H]2CC[C@H]1CN(C(=O)CSc1nncn1C)C2. The Labute approximate surface area is 136 Å². The second-order valence-corrected chi connectivity index (χ2v) is 7.35. The van der Waals surface area contributed by atoms with Crippen molar-refractivity contribution < 1.29 is 4.79 Å². The molecule has 122 valence electrons. The van der Waals surface area contributed by atoms with E-state index in [2.05, 4.69) is 26.9 Å². The van der Waals surface area contributed by atoms with E-state index in [1.165, 1.54) is 37.6 Å². The predicted molar refractivity (Wildman–Crippen MR) is 86.7 cm³/mol. The van der Waals surface area contributed by atoms with Crippen LogP contribution in [0.5, 0.6) is 0 Å². The van der Waals surface area contributed by atoms with Crippen molar-refractivity contribution in [3.63, 3.8) is 0 Å². The summed E-state index contributed by atoms with van der Waals surface area (Å²) in [6, 6.07) is 0.558. The molecule has 2 bridgehead atoms. The number of aryl methyl sites for hydroxylation is 1. The first-order valence-corrected chi connectivity index (χ1v) is 9.14. The Morgan fingerprint density at radius 3 is 2.95 bits per heavy atom. The Balaban J connectivity index is 1.58. The highest BCUT2D eigenvalue weighted by atomic mass is 32.2. The van der Waals surface area contributed by atoms with Gasteiger partial charge in [0.2, 0.25) is 5.91 Å². The van der Waals surface area contributed by atoms with E-state index in [1.54, 1.807) is 6.33 Å². The second-order valence-electron chi connectivity index (χ2n) is 6.40. The molecule has 1 amide bonds. The predicted octanol–water partition coefficient (Wildman–Crippen LogP) is 1.24. The number of fused-ring (bicyclic) bond motifs is 4. The average Bonchev–Trinajstić information content (AvgIpc) is 2.73. The minimum atomic E-state index is 0.239. The first-order valence-electron chi connectivity index (χ1n) is 8.16. The first kappa shape index (κ1) is 15.8. The molecule has 0 spiro atoms. The smallest absolute Gasteiger partial charge is 0.233 e. The summed E-state index contributed by atoms with van der Waals surface area (Å²) in [6.45, 7) is 6.39. The van der Waals surface area contributed by atoms with Crippen molar-refractivity contribution in [1.82, 2.24) is 24.6 Å². The van der Waals surface area contributed by atoms with Crippen LogP contribution in [-0.2, 0) is 11.8 Å². The molecule has 4 rings (SSSR count). The molecule has 2 atom stereocenters. The van der Waals surface area contributed by atoms with Crippen LogP contribution in [0.25, 0.3) is 0 Å². The minimum Gasteiger partial charge on any atom is -0.340 e. The van der Waals surface area contributed by atoms with Gasteiger partial charge in [-0.15, -0.1) is 10.2 Å². The molecule has 0 radical (unpaired) electrons. The summed E-state index contributed by atoms with van der Waals surface area (Å²) in [4.78, 5) is 17.2. The quantitative estimate of drug-likeness (QED) is 0.763. The van der Waals surface area contributed by atoms with Crippen molar-refractivity contribution in [2.24, 2.45) is 13.0 Å². The lowest BCUT2D eigenvalue weighted by molar-refractivity contribution is -0.128. The Morgan fingerprint density at radius 1 is 1.36 bits per heavy atom. The summed E-state index contributed by atoms with van der Waals surface area (Å²) < 4.78 is 1.85. The third kappa shape index (κ3) is 3.46. The number of aromatic nitrogens is 3. The van der Waals surface area contributed by atoms with Crippen LogP contribution < -0.4 is 0 Å². The third-order valence-electron chi connectivity index (χ3n) is 4.69. The fourth-order valence-electron chi connectivity index (χ4n) is 3.56. The molecular weight excluding hydrogens is 298 g/mol. The van der Waals surface area contributed by atoms with Crippen molar-refractivity contribution in [2.75, 3.05) is 31.9 Å². The lowest BCUT2D eigenvalue weighted by Gasteiger charge is -2.35. The topological polar surface area (TPSA) is 54.3 Å². The van der Waals surface area contributed by atoms with Gasteiger partial charge < -0.3 is 9.47 Å². The zero-order valence-corrected chi connectivity index (χ0v) is 14.3. The molecule has 22 heavy (non-hydrogen) atoms. The molecule has 1 aromatic heterocycles. The van der Waals surface area contributed by atoms with Gasteiger partial charge >= 0.3 is 0 Å². The number of hydrogen-bond acceptors (Lipinski definition) is 5. The van der Waals surface area contributed by atoms with Crippen LogP contribution in [-0.4, -0.2) is 68.4 Å². The maximum Gasteiger partial charge on any atom is 0.233 e. The van der Waals surface area contributed by atoms with E-state index >= 15 is 0 Å². The Bertz CT molecular complexity index is 520. The van der Waals surface area contributed by atoms with Crippen LogP contribution in [0.2, 0.25) is 0 Å². The van der Waals surface area contributed by atoms with E-state index < -0.39 is 0 Å². The van der Waals surface area contributed by atoms with Gasteiger partial charge in [-0.1, -0.05) is 18.7 Å². The van der Waals surface area contributed by atoms with E-state index in [1.807, 2.05) is 11.6 Å². The molecular formula is C15H25N5OS. The molecule has 3 aliphatic heterocycles. The van der Waals surface area contributed by atoms with Crippen LogP contribution in [0.4, 0.5) is 0 Å². The second kappa shape index (κ2) is 7.00. The standard InChI is InChI=1S/C15H25N5OS/c1-3-6-19-7-12-4-5-13(19)9-20(8-12)14(21)10-22-15-17-16-11-18(15)2/h11-13H,3-10H2,1-2H3/t12-,13-/m0/s1. The van der Waals surface area contributed by atoms with E-state index in [4.69, 9.17) is 0 Å². The monoisotopic (exact) mass is 323 g/mol. The number of rotatable bonds is 5. The van der Waals surface area contributed by atoms with Crippen LogP contribution in [0.1, 0.15) is 26.2 Å². The number of carbonyl (C=O) groups excluding carboxylic acids is 1. The summed E-state index contributed by atoms with van der Waals surface area (Å²) in [5.74, 6) is 1.34. The summed E-state index contributed by atoms with van der Waals surface area (Å²) in [5.41, 5.74) is 0. The molecule has 3 aliphatic rings. The van der Waals surface area contributed by atoms with Crippen molar-refractivity contribution in [3.8, 4) is 0 Å². The highest BCUT2D eigenvalue weighted by Crippen LogP contribution is 2.28. The van der Waals surface area contributed by atoms with Gasteiger partial charge in [0.25, 0.3) is 0 Å². The molecule has 0 unspecified atom stereocenters. The van der Waals surface area contributed by atoms with E-state index in [0.717, 1.165) is 24.8 Å². The number of carbonyl (C=O) groups is 1. The third-order valence-corrected chi connectivity index (χ3v) is 5.70. The van der Waals surface area contributed by atoms with Crippen molar-refractivity contribution >= 4 is 17.7 Å². The fourth-order valence-corrected chi connectivity index (χ4v) is 4.36. The molecule has 0 aromatic carbocycles. The summed E-state index contributed by atoms with van der Waals surface area (Å²) in [6.07, 6.45) is 5.37. The molecule has 0 saturated carbocycles. The summed E-state index contributed by atoms with van der Waals surface area (Å²) in [7, 11) is 1.90. The maximum absolute atomic E-state index is 12.6. The van der Waals surface area contributed by atoms with Gasteiger partial charge in [-0.25, -0.2) is 0 Å². The zero-order chi connectivity index (χ0) is 15.5. The Hall–Kier alpha value is -1.08. The normalized spacial score (nSPS) is 25.5. The van der Waals surface area contributed by atoms with Gasteiger partial charge in [0.15, 0.2) is 5.16 Å². The van der Waals surface area contributed by atoms with Crippen molar-refractivity contribution in [2.45, 2.75) is 37.4 Å². The number of amides is 1. The molecule has 3 fully saturated rings. The Morgan fingerprint density at radius 2 is 2.23 bits per heavy atom. The molecule has 4 heterocycles. The fraction of sp³-hybridized carbons (Fsp3) is 0.800. The molecule has 6 nitrogen and oxygen atoms in total. The largest absolute Gasteiger partial charge is 0.340 e. The number of hydrogen-bond donors (Lipinski definition) is 0. The van der Waals surface area contributed by atoms with E-state index in [9.17, 15) is 4.79 Å². The van der Waals surface area contributed by atoms with Crippen LogP contribution in [0, 0.1) is 5.92 Å². The van der Waals surface area contributed by atoms with Crippen LogP contribution in [0.3, 0.4) is 0 Å². The van der Waals surface area contributed by atoms with Crippen LogP contribution >= 0.6 is 11.8 Å². The molecule has 3 saturated heterocycles. The number of piperidine rings is 1. The number of thioether (sulfide) groups is 1. The van der Waals surface area contributed by atoms with Gasteiger partial charge in [-0.3, -0.25) is 9.69 Å². The molecule has 1 aromatic rings. The molecule has 7 heteroatoms. The highest BCUT2D eigenvalue weighted by molar-refractivity contribution is 7.99. The van der Waals surface area contributed by atoms with Gasteiger partial charge in [-0.2, -0.15) is 0 Å². The summed E-state index contributed by atoms with van der Waals surface area (Å²) >= 11 is 1.48. The Kier molecular flexibility index (Phi) is 5.03. The number of nitrogens with zero attached hydrogens (tertiary/aromatic N) is 5. The zero-order valence-electron chi connectivity index (χ0n) is 13.4. The van der Waals surface area contributed by atoms with Gasteiger partial charge in [0.1, 0.15) is 6.33 Å². The van der Waals surface area contributed by atoms with Gasteiger partial charge in [0.05, 0.1) is 5.75 Å². The maximum atomic E-state index is 12.6. The van der Waals surface area contributed by atoms with Gasteiger partial charge in [-0.05, 0) is 31.7 Å². The van der Waals surface area contributed by atoms with Crippen molar-refractivity contribution in [1.29, 1.82) is 0 Å². The van der Waals surface area contributed by atoms with E-state index in [-0.39, 0.29) is 5.91 Å². The van der Waals surface area contributed by atoms with Gasteiger partial charge in [0, 0.05) is 32.7 Å². The van der Waals surface area contributed by atoms with E-state index in [0.29, 0.717) is 17.7 Å². The summed E-state index contributed by atoms with van der Waals surface area (Å²) in [5, 5.41) is 8.68. The van der Waals surface area contributed by atoms with Crippen LogP contribution in [0.15, 0.2) is 11.5 Å².